The summed E-state index contributed by atoms with van der Waals surface area (Å²) < 4.78 is 46.0. The quantitative estimate of drug-likeness (QED) is 0.506. The van der Waals surface area contributed by atoms with E-state index in [1.165, 1.54) is 17.0 Å². The molecule has 4 aromatic rings. The summed E-state index contributed by atoms with van der Waals surface area (Å²) in [6.45, 7) is 1.53. The first-order valence-corrected chi connectivity index (χ1v) is 9.36. The number of aromatic nitrogens is 6. The molecule has 0 radical (unpaired) electrons. The van der Waals surface area contributed by atoms with Gasteiger partial charge in [-0.05, 0) is 18.9 Å². The molecule has 1 unspecified atom stereocenters. The smallest absolute Gasteiger partial charge is 0.434 e. The summed E-state index contributed by atoms with van der Waals surface area (Å²) in [5.74, 6) is 2.03. The zero-order valence-electron chi connectivity index (χ0n) is 15.6. The Balaban J connectivity index is 1.48. The molecule has 4 aromatic heterocycles. The molecule has 0 spiro atoms. The van der Waals surface area contributed by atoms with Gasteiger partial charge in [-0.25, -0.2) is 24.9 Å². The summed E-state index contributed by atoms with van der Waals surface area (Å²) in [5.41, 5.74) is -0.352. The van der Waals surface area contributed by atoms with Crippen LogP contribution in [0, 0.1) is 0 Å². The van der Waals surface area contributed by atoms with Crippen molar-refractivity contribution in [2.45, 2.75) is 24.9 Å². The Morgan fingerprint density at radius 3 is 2.80 bits per heavy atom. The minimum atomic E-state index is -4.55. The number of hydrogen-bond acceptors (Lipinski definition) is 7. The summed E-state index contributed by atoms with van der Waals surface area (Å²) >= 11 is 0. The summed E-state index contributed by atoms with van der Waals surface area (Å²) in [5, 5.41) is 0. The van der Waals surface area contributed by atoms with Crippen LogP contribution in [0.4, 0.5) is 19.0 Å². The fourth-order valence-corrected chi connectivity index (χ4v) is 3.69. The second-order valence-corrected chi connectivity index (χ2v) is 7.07. The molecule has 8 nitrogen and oxygen atoms in total. The molecule has 11 heteroatoms. The van der Waals surface area contributed by atoms with Crippen LogP contribution >= 0.6 is 0 Å². The van der Waals surface area contributed by atoms with E-state index in [2.05, 4.69) is 29.8 Å². The number of nitrogens with zero attached hydrogens (tertiary/aromatic N) is 7. The van der Waals surface area contributed by atoms with E-state index in [0.29, 0.717) is 23.9 Å². The van der Waals surface area contributed by atoms with Crippen LogP contribution in [0.2, 0.25) is 0 Å². The number of alkyl halides is 3. The standard InChI is InChI=1S/C19H16F3N7O/c20-19(21,22)15-10-29-13(6-26-17(29)8-25-15)18-24-4-3-16(27-18)28-5-1-2-12(9-28)14-7-23-11-30-14/h3-4,6-8,10-12H,1-2,5,9H2. The van der Waals surface area contributed by atoms with Crippen LogP contribution in [0.5, 0.6) is 0 Å². The van der Waals surface area contributed by atoms with Crippen molar-refractivity contribution in [1.29, 1.82) is 0 Å². The van der Waals surface area contributed by atoms with Gasteiger partial charge in [0.05, 0.1) is 18.6 Å². The summed E-state index contributed by atoms with van der Waals surface area (Å²) in [6.07, 6.45) is 5.59. The Hall–Kier alpha value is -3.50. The van der Waals surface area contributed by atoms with E-state index >= 15 is 0 Å². The maximum absolute atomic E-state index is 13.1. The van der Waals surface area contributed by atoms with Crippen molar-refractivity contribution < 1.29 is 17.6 Å². The molecular weight excluding hydrogens is 399 g/mol. The Bertz CT molecular complexity index is 1170. The van der Waals surface area contributed by atoms with Gasteiger partial charge in [0.2, 0.25) is 0 Å². The predicted molar refractivity (Wildman–Crippen MR) is 99.7 cm³/mol. The van der Waals surface area contributed by atoms with Crippen LogP contribution in [-0.2, 0) is 6.18 Å². The van der Waals surface area contributed by atoms with Crippen molar-refractivity contribution in [2.75, 3.05) is 18.0 Å². The van der Waals surface area contributed by atoms with Gasteiger partial charge in [-0.15, -0.1) is 0 Å². The molecule has 1 saturated heterocycles. The highest BCUT2D eigenvalue weighted by Crippen LogP contribution is 2.31. The van der Waals surface area contributed by atoms with E-state index in [1.54, 1.807) is 18.5 Å². The van der Waals surface area contributed by atoms with Crippen molar-refractivity contribution in [2.24, 2.45) is 0 Å². The van der Waals surface area contributed by atoms with Gasteiger partial charge in [0, 0.05) is 31.4 Å². The molecule has 5 rings (SSSR count). The van der Waals surface area contributed by atoms with Crippen LogP contribution in [0.3, 0.4) is 0 Å². The average molecular weight is 415 g/mol. The molecule has 5 heterocycles. The van der Waals surface area contributed by atoms with Crippen molar-refractivity contribution >= 4 is 11.5 Å². The lowest BCUT2D eigenvalue weighted by atomic mass is 9.96. The SMILES string of the molecule is FC(F)(F)c1cn2c(-c3nccc(N4CCCC(c5cnco5)C4)n3)cnc2cn1. The average Bonchev–Trinajstić information content (AvgIpc) is 3.43. The molecule has 1 fully saturated rings. The fourth-order valence-electron chi connectivity index (χ4n) is 3.69. The number of halogens is 3. The molecule has 30 heavy (non-hydrogen) atoms. The van der Waals surface area contributed by atoms with Crippen LogP contribution in [0.15, 0.2) is 47.9 Å². The lowest BCUT2D eigenvalue weighted by Crippen LogP contribution is -2.34. The van der Waals surface area contributed by atoms with Crippen LogP contribution in [0.1, 0.15) is 30.2 Å². The van der Waals surface area contributed by atoms with Crippen LogP contribution in [0.25, 0.3) is 17.2 Å². The minimum Gasteiger partial charge on any atom is -0.448 e. The van der Waals surface area contributed by atoms with E-state index in [9.17, 15) is 13.2 Å². The summed E-state index contributed by atoms with van der Waals surface area (Å²) in [6, 6.07) is 1.79. The normalized spacial score (nSPS) is 17.6. The maximum atomic E-state index is 13.1. The predicted octanol–water partition coefficient (Wildman–Crippen LogP) is 3.58. The second-order valence-electron chi connectivity index (χ2n) is 7.07. The molecule has 0 aromatic carbocycles. The Labute approximate surface area is 168 Å². The molecule has 0 aliphatic carbocycles. The van der Waals surface area contributed by atoms with E-state index in [1.807, 2.05) is 0 Å². The highest BCUT2D eigenvalue weighted by atomic mass is 19.4. The number of hydrogen-bond donors (Lipinski definition) is 0. The van der Waals surface area contributed by atoms with Gasteiger partial charge in [0.15, 0.2) is 23.6 Å². The highest BCUT2D eigenvalue weighted by Gasteiger charge is 2.33. The van der Waals surface area contributed by atoms with Gasteiger partial charge in [-0.1, -0.05) is 0 Å². The minimum absolute atomic E-state index is 0.205. The number of rotatable bonds is 3. The molecule has 1 atom stereocenters. The third-order valence-electron chi connectivity index (χ3n) is 5.16. The van der Waals surface area contributed by atoms with E-state index in [-0.39, 0.29) is 11.6 Å². The van der Waals surface area contributed by atoms with E-state index in [0.717, 1.165) is 37.5 Å². The molecule has 0 N–H and O–H groups in total. The first-order chi connectivity index (χ1) is 14.5. The first-order valence-electron chi connectivity index (χ1n) is 9.36. The number of anilines is 1. The zero-order chi connectivity index (χ0) is 20.7. The van der Waals surface area contributed by atoms with Gasteiger partial charge in [-0.3, -0.25) is 4.40 Å². The topological polar surface area (TPSA) is 85.2 Å². The molecule has 154 valence electrons. The van der Waals surface area contributed by atoms with E-state index in [4.69, 9.17) is 4.42 Å². The molecule has 0 bridgehead atoms. The highest BCUT2D eigenvalue weighted by molar-refractivity contribution is 5.58. The maximum Gasteiger partial charge on any atom is 0.434 e. The van der Waals surface area contributed by atoms with Crippen LogP contribution < -0.4 is 4.90 Å². The third kappa shape index (κ3) is 3.36. The number of oxazole rings is 1. The molecular formula is C19H16F3N7O. The van der Waals surface area contributed by atoms with Gasteiger partial charge in [-0.2, -0.15) is 13.2 Å². The van der Waals surface area contributed by atoms with Crippen molar-refractivity contribution in [3.05, 3.63) is 54.9 Å². The second kappa shape index (κ2) is 7.08. The monoisotopic (exact) mass is 415 g/mol. The van der Waals surface area contributed by atoms with Crippen molar-refractivity contribution in [3.8, 4) is 11.5 Å². The van der Waals surface area contributed by atoms with Crippen molar-refractivity contribution in [3.63, 3.8) is 0 Å². The fraction of sp³-hybridized carbons (Fsp3) is 0.316. The van der Waals surface area contributed by atoms with Gasteiger partial charge >= 0.3 is 6.18 Å². The Morgan fingerprint density at radius 1 is 1.10 bits per heavy atom. The molecule has 1 aliphatic heterocycles. The van der Waals surface area contributed by atoms with Gasteiger partial charge < -0.3 is 9.32 Å². The number of piperidine rings is 1. The summed E-state index contributed by atoms with van der Waals surface area (Å²) in [4.78, 5) is 22.5. The zero-order valence-corrected chi connectivity index (χ0v) is 15.6. The summed E-state index contributed by atoms with van der Waals surface area (Å²) in [7, 11) is 0. The molecule has 0 amide bonds. The number of fused-ring (bicyclic) bond motifs is 1. The largest absolute Gasteiger partial charge is 0.448 e. The Morgan fingerprint density at radius 2 is 2.00 bits per heavy atom. The first kappa shape index (κ1) is 18.5. The van der Waals surface area contributed by atoms with Crippen LogP contribution in [-0.4, -0.2) is 42.4 Å². The molecule has 0 saturated carbocycles. The van der Waals surface area contributed by atoms with E-state index < -0.39 is 11.9 Å². The lowest BCUT2D eigenvalue weighted by molar-refractivity contribution is -0.141. The molecule has 1 aliphatic rings. The lowest BCUT2D eigenvalue weighted by Gasteiger charge is -2.32. The van der Waals surface area contributed by atoms with Crippen molar-refractivity contribution in [1.82, 2.24) is 29.3 Å². The third-order valence-corrected chi connectivity index (χ3v) is 5.16. The number of imidazole rings is 1. The Kier molecular flexibility index (Phi) is 4.37. The van der Waals surface area contributed by atoms with Gasteiger partial charge in [0.25, 0.3) is 0 Å². The van der Waals surface area contributed by atoms with Gasteiger partial charge in [0.1, 0.15) is 17.3 Å².